The average molecular weight is 233 g/mol. The fourth-order valence-electron chi connectivity index (χ4n) is 2.66. The van der Waals surface area contributed by atoms with Gasteiger partial charge in [-0.1, -0.05) is 19.1 Å². The lowest BCUT2D eigenvalue weighted by Crippen LogP contribution is -2.41. The van der Waals surface area contributed by atoms with Crippen LogP contribution < -0.4 is 10.1 Å². The monoisotopic (exact) mass is 233 g/mol. The first-order valence-corrected chi connectivity index (χ1v) is 6.50. The Hall–Kier alpha value is -1.02. The van der Waals surface area contributed by atoms with Crippen molar-refractivity contribution in [2.24, 2.45) is 5.92 Å². The van der Waals surface area contributed by atoms with Crippen LogP contribution in [0.25, 0.3) is 0 Å². The number of hydrogen-bond acceptors (Lipinski definition) is 2. The second kappa shape index (κ2) is 5.09. The van der Waals surface area contributed by atoms with Gasteiger partial charge in [0.1, 0.15) is 5.75 Å². The Bertz CT molecular complexity index is 383. The zero-order valence-electron chi connectivity index (χ0n) is 11.3. The molecule has 1 aliphatic rings. The minimum Gasteiger partial charge on any atom is -0.496 e. The lowest BCUT2D eigenvalue weighted by atomic mass is 9.81. The topological polar surface area (TPSA) is 21.3 Å². The molecule has 1 N–H and O–H groups in total. The molecule has 0 aromatic heterocycles. The van der Waals surface area contributed by atoms with Crippen LogP contribution in [0.5, 0.6) is 5.75 Å². The van der Waals surface area contributed by atoms with E-state index in [4.69, 9.17) is 4.74 Å². The van der Waals surface area contributed by atoms with Crippen LogP contribution in [0.15, 0.2) is 18.2 Å². The summed E-state index contributed by atoms with van der Waals surface area (Å²) in [6, 6.07) is 7.48. The van der Waals surface area contributed by atoms with Gasteiger partial charge in [0.05, 0.1) is 7.11 Å². The Balaban J connectivity index is 2.05. The fraction of sp³-hybridized carbons (Fsp3) is 0.600. The Labute approximate surface area is 104 Å². The zero-order chi connectivity index (χ0) is 12.4. The van der Waals surface area contributed by atoms with Crippen LogP contribution in [0.3, 0.4) is 0 Å². The highest BCUT2D eigenvalue weighted by molar-refractivity contribution is 5.39. The minimum atomic E-state index is 0.364. The smallest absolute Gasteiger partial charge is 0.123 e. The van der Waals surface area contributed by atoms with Crippen molar-refractivity contribution in [3.63, 3.8) is 0 Å². The number of aryl methyl sites for hydroxylation is 1. The summed E-state index contributed by atoms with van der Waals surface area (Å²) < 4.78 is 5.46. The van der Waals surface area contributed by atoms with Gasteiger partial charge >= 0.3 is 0 Å². The molecule has 0 bridgehead atoms. The number of hydrogen-bond donors (Lipinski definition) is 1. The van der Waals surface area contributed by atoms with E-state index in [0.29, 0.717) is 12.1 Å². The van der Waals surface area contributed by atoms with E-state index in [1.807, 2.05) is 0 Å². The lowest BCUT2D eigenvalue weighted by Gasteiger charge is -2.36. The van der Waals surface area contributed by atoms with Crippen LogP contribution in [0.4, 0.5) is 0 Å². The van der Waals surface area contributed by atoms with Gasteiger partial charge in [0, 0.05) is 17.6 Å². The molecule has 94 valence electrons. The summed E-state index contributed by atoms with van der Waals surface area (Å²) in [6.07, 6.45) is 2.61. The highest BCUT2D eigenvalue weighted by Gasteiger charge is 2.27. The van der Waals surface area contributed by atoms with Gasteiger partial charge in [-0.2, -0.15) is 0 Å². The van der Waals surface area contributed by atoms with E-state index in [9.17, 15) is 0 Å². The first kappa shape index (κ1) is 12.4. The zero-order valence-corrected chi connectivity index (χ0v) is 11.3. The molecule has 1 aliphatic carbocycles. The molecule has 1 fully saturated rings. The molecular weight excluding hydrogens is 210 g/mol. The van der Waals surface area contributed by atoms with E-state index in [1.165, 1.54) is 24.0 Å². The van der Waals surface area contributed by atoms with Gasteiger partial charge < -0.3 is 10.1 Å². The van der Waals surface area contributed by atoms with Crippen molar-refractivity contribution in [2.45, 2.75) is 45.7 Å². The van der Waals surface area contributed by atoms with Crippen molar-refractivity contribution in [1.82, 2.24) is 5.32 Å². The van der Waals surface area contributed by atoms with Crippen LogP contribution in [0.2, 0.25) is 0 Å². The summed E-state index contributed by atoms with van der Waals surface area (Å²) >= 11 is 0. The molecule has 0 radical (unpaired) electrons. The summed E-state index contributed by atoms with van der Waals surface area (Å²) in [4.78, 5) is 0. The first-order valence-electron chi connectivity index (χ1n) is 6.50. The third kappa shape index (κ3) is 2.81. The molecule has 0 spiro atoms. The molecule has 17 heavy (non-hydrogen) atoms. The van der Waals surface area contributed by atoms with Crippen molar-refractivity contribution >= 4 is 0 Å². The number of ether oxygens (including phenoxy) is 1. The van der Waals surface area contributed by atoms with Crippen molar-refractivity contribution in [2.75, 3.05) is 7.11 Å². The van der Waals surface area contributed by atoms with Crippen molar-refractivity contribution in [3.8, 4) is 5.75 Å². The quantitative estimate of drug-likeness (QED) is 0.860. The summed E-state index contributed by atoms with van der Waals surface area (Å²) in [5.74, 6) is 1.89. The second-order valence-corrected chi connectivity index (χ2v) is 5.41. The maximum Gasteiger partial charge on any atom is 0.123 e. The van der Waals surface area contributed by atoms with Gasteiger partial charge in [0.15, 0.2) is 0 Å². The van der Waals surface area contributed by atoms with Gasteiger partial charge in [-0.15, -0.1) is 0 Å². The van der Waals surface area contributed by atoms with Gasteiger partial charge in [-0.05, 0) is 44.2 Å². The first-order chi connectivity index (χ1) is 8.10. The Morgan fingerprint density at radius 2 is 2.06 bits per heavy atom. The van der Waals surface area contributed by atoms with Gasteiger partial charge in [-0.25, -0.2) is 0 Å². The summed E-state index contributed by atoms with van der Waals surface area (Å²) in [5, 5.41) is 3.68. The fourth-order valence-corrected chi connectivity index (χ4v) is 2.66. The van der Waals surface area contributed by atoms with Crippen LogP contribution >= 0.6 is 0 Å². The van der Waals surface area contributed by atoms with Crippen LogP contribution in [0.1, 0.15) is 43.9 Å². The maximum absolute atomic E-state index is 5.46. The average Bonchev–Trinajstić information content (AvgIpc) is 2.26. The van der Waals surface area contributed by atoms with Crippen molar-refractivity contribution in [3.05, 3.63) is 29.3 Å². The normalized spacial score (nSPS) is 25.2. The second-order valence-electron chi connectivity index (χ2n) is 5.41. The number of rotatable bonds is 4. The molecule has 1 atom stereocenters. The van der Waals surface area contributed by atoms with Crippen molar-refractivity contribution < 1.29 is 4.74 Å². The summed E-state index contributed by atoms with van der Waals surface area (Å²) in [6.45, 7) is 6.63. The summed E-state index contributed by atoms with van der Waals surface area (Å²) in [7, 11) is 1.75. The predicted octanol–water partition coefficient (Wildman–Crippen LogP) is 3.45. The van der Waals surface area contributed by atoms with Gasteiger partial charge in [-0.3, -0.25) is 0 Å². The lowest BCUT2D eigenvalue weighted by molar-refractivity contribution is 0.225. The highest BCUT2D eigenvalue weighted by atomic mass is 16.5. The van der Waals surface area contributed by atoms with Crippen LogP contribution in [-0.4, -0.2) is 13.2 Å². The Morgan fingerprint density at radius 3 is 2.65 bits per heavy atom. The van der Waals surface area contributed by atoms with E-state index in [-0.39, 0.29) is 0 Å². The Kier molecular flexibility index (Phi) is 3.72. The molecule has 2 heteroatoms. The molecule has 2 nitrogen and oxygen atoms in total. The molecular formula is C15H23NO. The van der Waals surface area contributed by atoms with Gasteiger partial charge in [0.25, 0.3) is 0 Å². The van der Waals surface area contributed by atoms with E-state index in [1.54, 1.807) is 7.11 Å². The van der Waals surface area contributed by atoms with E-state index in [2.05, 4.69) is 44.3 Å². The Morgan fingerprint density at radius 1 is 1.35 bits per heavy atom. The SMILES string of the molecule is COc1cc(C)ccc1C(C)NC1CC(C)C1. The number of benzene rings is 1. The molecule has 0 aliphatic heterocycles. The third-order valence-electron chi connectivity index (χ3n) is 3.71. The van der Waals surface area contributed by atoms with Gasteiger partial charge in [0.2, 0.25) is 0 Å². The van der Waals surface area contributed by atoms with Crippen LogP contribution in [-0.2, 0) is 0 Å². The molecule has 0 saturated heterocycles. The molecule has 1 saturated carbocycles. The highest BCUT2D eigenvalue weighted by Crippen LogP contribution is 2.31. The summed E-state index contributed by atoms with van der Waals surface area (Å²) in [5.41, 5.74) is 2.51. The molecule has 1 aromatic rings. The molecule has 2 rings (SSSR count). The number of methoxy groups -OCH3 is 1. The third-order valence-corrected chi connectivity index (χ3v) is 3.71. The maximum atomic E-state index is 5.46. The van der Waals surface area contributed by atoms with E-state index >= 15 is 0 Å². The van der Waals surface area contributed by atoms with Crippen LogP contribution in [0, 0.1) is 12.8 Å². The standard InChI is InChI=1S/C15H23NO/c1-10-5-6-14(15(9-10)17-4)12(3)16-13-7-11(2)8-13/h5-6,9,11-13,16H,7-8H2,1-4H3. The van der Waals surface area contributed by atoms with E-state index < -0.39 is 0 Å². The predicted molar refractivity (Wildman–Crippen MR) is 71.5 cm³/mol. The minimum absolute atomic E-state index is 0.364. The van der Waals surface area contributed by atoms with Crippen molar-refractivity contribution in [1.29, 1.82) is 0 Å². The molecule has 1 aromatic carbocycles. The largest absolute Gasteiger partial charge is 0.496 e. The molecule has 0 amide bonds. The number of nitrogens with one attached hydrogen (secondary N) is 1. The van der Waals surface area contributed by atoms with E-state index in [0.717, 1.165) is 11.7 Å². The molecule has 1 unspecified atom stereocenters. The molecule has 0 heterocycles.